The van der Waals surface area contributed by atoms with Crippen LogP contribution in [0.2, 0.25) is 0 Å². The molecule has 2 heterocycles. The van der Waals surface area contributed by atoms with E-state index in [1.54, 1.807) is 24.7 Å². The zero-order valence-electron chi connectivity index (χ0n) is 14.0. The van der Waals surface area contributed by atoms with E-state index in [2.05, 4.69) is 20.3 Å². The molecule has 126 valence electrons. The predicted octanol–water partition coefficient (Wildman–Crippen LogP) is 3.62. The molecule has 0 saturated carbocycles. The molecule has 1 N–H and O–H groups in total. The number of pyridine rings is 1. The first-order valence-electron chi connectivity index (χ1n) is 8.28. The summed E-state index contributed by atoms with van der Waals surface area (Å²) >= 11 is 0. The van der Waals surface area contributed by atoms with Crippen molar-refractivity contribution in [3.8, 4) is 11.1 Å². The molecule has 2 aromatic heterocycles. The monoisotopic (exact) mass is 340 g/mol. The highest BCUT2D eigenvalue weighted by Crippen LogP contribution is 2.22. The first-order valence-corrected chi connectivity index (χ1v) is 8.28. The minimum absolute atomic E-state index is 0.154. The minimum atomic E-state index is -0.154. The topological polar surface area (TPSA) is 67.8 Å². The van der Waals surface area contributed by atoms with Crippen molar-refractivity contribution in [2.45, 2.75) is 6.54 Å². The third-order valence-corrected chi connectivity index (χ3v) is 4.22. The van der Waals surface area contributed by atoms with E-state index in [1.165, 1.54) is 6.33 Å². The molecule has 0 aliphatic heterocycles. The molecule has 0 radical (unpaired) electrons. The molecule has 0 atom stereocenters. The number of hydrogen-bond donors (Lipinski definition) is 1. The summed E-state index contributed by atoms with van der Waals surface area (Å²) < 4.78 is 0. The Labute approximate surface area is 150 Å². The molecular formula is C21H16N4O. The standard InChI is InChI=1S/C21H16N4O/c26-21(19-8-4-3-6-17(19)16-11-22-14-23-12-16)25-13-20-18-7-2-1-5-15(18)9-10-24-20/h1-12,14H,13H2,(H,25,26). The molecular weight excluding hydrogens is 324 g/mol. The van der Waals surface area contributed by atoms with Crippen molar-refractivity contribution in [1.29, 1.82) is 0 Å². The van der Waals surface area contributed by atoms with Gasteiger partial charge in [0.2, 0.25) is 0 Å². The molecule has 4 rings (SSSR count). The van der Waals surface area contributed by atoms with Gasteiger partial charge in [-0.2, -0.15) is 0 Å². The van der Waals surface area contributed by atoms with Crippen molar-refractivity contribution >= 4 is 16.7 Å². The quantitative estimate of drug-likeness (QED) is 0.616. The minimum Gasteiger partial charge on any atom is -0.346 e. The number of aromatic nitrogens is 3. The van der Waals surface area contributed by atoms with Gasteiger partial charge in [-0.05, 0) is 23.1 Å². The summed E-state index contributed by atoms with van der Waals surface area (Å²) in [4.78, 5) is 25.3. The van der Waals surface area contributed by atoms with Gasteiger partial charge in [0.05, 0.1) is 12.2 Å². The van der Waals surface area contributed by atoms with Crippen molar-refractivity contribution in [1.82, 2.24) is 20.3 Å². The number of carbonyl (C=O) groups excluding carboxylic acids is 1. The fraction of sp³-hybridized carbons (Fsp3) is 0.0476. The van der Waals surface area contributed by atoms with Gasteiger partial charge in [-0.1, -0.05) is 42.5 Å². The third kappa shape index (κ3) is 3.15. The molecule has 0 fully saturated rings. The van der Waals surface area contributed by atoms with Gasteiger partial charge in [0.15, 0.2) is 0 Å². The van der Waals surface area contributed by atoms with Gasteiger partial charge in [-0.25, -0.2) is 9.97 Å². The first-order chi connectivity index (χ1) is 12.8. The van der Waals surface area contributed by atoms with Crippen molar-refractivity contribution < 1.29 is 4.79 Å². The average Bonchev–Trinajstić information content (AvgIpc) is 2.72. The van der Waals surface area contributed by atoms with E-state index in [9.17, 15) is 4.79 Å². The number of benzene rings is 2. The Kier molecular flexibility index (Phi) is 4.35. The van der Waals surface area contributed by atoms with E-state index >= 15 is 0 Å². The number of hydrogen-bond acceptors (Lipinski definition) is 4. The molecule has 0 spiro atoms. The second kappa shape index (κ2) is 7.11. The molecule has 4 aromatic rings. The summed E-state index contributed by atoms with van der Waals surface area (Å²) in [6.07, 6.45) is 6.63. The van der Waals surface area contributed by atoms with Gasteiger partial charge in [0.1, 0.15) is 6.33 Å². The van der Waals surface area contributed by atoms with Crippen molar-refractivity contribution in [3.05, 3.63) is 90.8 Å². The Hall–Kier alpha value is -3.60. The van der Waals surface area contributed by atoms with Crippen LogP contribution >= 0.6 is 0 Å². The highest BCUT2D eigenvalue weighted by Gasteiger charge is 2.13. The fourth-order valence-electron chi connectivity index (χ4n) is 2.95. The maximum atomic E-state index is 12.8. The van der Waals surface area contributed by atoms with Gasteiger partial charge in [0.25, 0.3) is 5.91 Å². The largest absolute Gasteiger partial charge is 0.346 e. The zero-order valence-corrected chi connectivity index (χ0v) is 14.0. The third-order valence-electron chi connectivity index (χ3n) is 4.22. The highest BCUT2D eigenvalue weighted by atomic mass is 16.1. The lowest BCUT2D eigenvalue weighted by Gasteiger charge is -2.11. The van der Waals surface area contributed by atoms with E-state index in [1.807, 2.05) is 48.5 Å². The smallest absolute Gasteiger partial charge is 0.252 e. The summed E-state index contributed by atoms with van der Waals surface area (Å²) in [5.41, 5.74) is 3.04. The Balaban J connectivity index is 1.60. The summed E-state index contributed by atoms with van der Waals surface area (Å²) in [5, 5.41) is 5.12. The second-order valence-electron chi connectivity index (χ2n) is 5.83. The maximum absolute atomic E-state index is 12.8. The van der Waals surface area contributed by atoms with Crippen LogP contribution in [-0.4, -0.2) is 20.9 Å². The molecule has 0 bridgehead atoms. The lowest BCUT2D eigenvalue weighted by molar-refractivity contribution is 0.0951. The summed E-state index contributed by atoms with van der Waals surface area (Å²) in [6, 6.07) is 17.4. The van der Waals surface area contributed by atoms with Crippen LogP contribution in [0, 0.1) is 0 Å². The zero-order chi connectivity index (χ0) is 17.8. The van der Waals surface area contributed by atoms with Gasteiger partial charge in [-0.15, -0.1) is 0 Å². The van der Waals surface area contributed by atoms with E-state index < -0.39 is 0 Å². The van der Waals surface area contributed by atoms with Crippen LogP contribution in [0.3, 0.4) is 0 Å². The molecule has 2 aromatic carbocycles. The lowest BCUT2D eigenvalue weighted by Crippen LogP contribution is -2.24. The number of nitrogens with zero attached hydrogens (tertiary/aromatic N) is 3. The lowest BCUT2D eigenvalue weighted by atomic mass is 10.0. The van der Waals surface area contributed by atoms with Crippen molar-refractivity contribution in [3.63, 3.8) is 0 Å². The first kappa shape index (κ1) is 15.9. The second-order valence-corrected chi connectivity index (χ2v) is 5.83. The molecule has 0 unspecified atom stereocenters. The van der Waals surface area contributed by atoms with Crippen LogP contribution < -0.4 is 5.32 Å². The van der Waals surface area contributed by atoms with Gasteiger partial charge in [0, 0.05) is 35.1 Å². The van der Waals surface area contributed by atoms with Crippen LogP contribution in [0.5, 0.6) is 0 Å². The molecule has 1 amide bonds. The number of rotatable bonds is 4. The van der Waals surface area contributed by atoms with E-state index in [0.29, 0.717) is 12.1 Å². The summed E-state index contributed by atoms with van der Waals surface area (Å²) in [7, 11) is 0. The predicted molar refractivity (Wildman–Crippen MR) is 100 cm³/mol. The van der Waals surface area contributed by atoms with E-state index in [4.69, 9.17) is 0 Å². The number of nitrogens with one attached hydrogen (secondary N) is 1. The molecule has 26 heavy (non-hydrogen) atoms. The molecule has 5 heteroatoms. The fourth-order valence-corrected chi connectivity index (χ4v) is 2.95. The van der Waals surface area contributed by atoms with Gasteiger partial charge < -0.3 is 5.32 Å². The Morgan fingerprint density at radius 1 is 0.923 bits per heavy atom. The molecule has 0 aliphatic carbocycles. The Morgan fingerprint density at radius 3 is 2.58 bits per heavy atom. The summed E-state index contributed by atoms with van der Waals surface area (Å²) in [5.74, 6) is -0.154. The average molecular weight is 340 g/mol. The van der Waals surface area contributed by atoms with Gasteiger partial charge >= 0.3 is 0 Å². The van der Waals surface area contributed by atoms with Gasteiger partial charge in [-0.3, -0.25) is 9.78 Å². The highest BCUT2D eigenvalue weighted by molar-refractivity contribution is 6.00. The van der Waals surface area contributed by atoms with E-state index in [-0.39, 0.29) is 5.91 Å². The van der Waals surface area contributed by atoms with Crippen LogP contribution in [0.15, 0.2) is 79.5 Å². The van der Waals surface area contributed by atoms with Crippen LogP contribution in [-0.2, 0) is 6.54 Å². The molecule has 0 saturated heterocycles. The molecule has 0 aliphatic rings. The van der Waals surface area contributed by atoms with Crippen LogP contribution in [0.1, 0.15) is 16.1 Å². The normalized spacial score (nSPS) is 10.6. The van der Waals surface area contributed by atoms with Crippen LogP contribution in [0.4, 0.5) is 0 Å². The van der Waals surface area contributed by atoms with Crippen molar-refractivity contribution in [2.24, 2.45) is 0 Å². The number of amides is 1. The molecule has 5 nitrogen and oxygen atoms in total. The Bertz CT molecular complexity index is 1060. The van der Waals surface area contributed by atoms with Crippen molar-refractivity contribution in [2.75, 3.05) is 0 Å². The number of carbonyl (C=O) groups is 1. The SMILES string of the molecule is O=C(NCc1nccc2ccccc12)c1ccccc1-c1cncnc1. The van der Waals surface area contributed by atoms with E-state index in [0.717, 1.165) is 27.6 Å². The number of fused-ring (bicyclic) bond motifs is 1. The Morgan fingerprint density at radius 2 is 1.69 bits per heavy atom. The van der Waals surface area contributed by atoms with Crippen LogP contribution in [0.25, 0.3) is 21.9 Å². The maximum Gasteiger partial charge on any atom is 0.252 e. The summed E-state index contributed by atoms with van der Waals surface area (Å²) in [6.45, 7) is 0.361.